The molecule has 2 aromatic rings. The molecule has 106 valence electrons. The van der Waals surface area contributed by atoms with Crippen LogP contribution in [0, 0.1) is 0 Å². The molecular weight excluding hydrogens is 404 g/mol. The average molecular weight is 412 g/mol. The van der Waals surface area contributed by atoms with Crippen LogP contribution in [0.4, 0.5) is 0 Å². The number of hydrogen-bond acceptors (Lipinski definition) is 5. The lowest BCUT2D eigenvalue weighted by Gasteiger charge is -2.01. The second-order valence-corrected chi connectivity index (χ2v) is 5.72. The van der Waals surface area contributed by atoms with Crippen LogP contribution in [0.15, 0.2) is 46.4 Å². The third-order valence-electron chi connectivity index (χ3n) is 2.64. The average Bonchev–Trinajstić information content (AvgIpc) is 3.08. The molecule has 4 rings (SSSR count). The second kappa shape index (κ2) is 5.78. The van der Waals surface area contributed by atoms with E-state index < -0.39 is 0 Å². The highest BCUT2D eigenvalue weighted by Gasteiger charge is 2.09. The Morgan fingerprint density at radius 1 is 1.05 bits per heavy atom. The van der Waals surface area contributed by atoms with Gasteiger partial charge in [0, 0.05) is 6.20 Å². The topological polar surface area (TPSA) is 92.5 Å². The fraction of sp³-hybridized carbons (Fsp3) is 0. The summed E-state index contributed by atoms with van der Waals surface area (Å²) in [6, 6.07) is 0. The van der Waals surface area contributed by atoms with Gasteiger partial charge in [0.2, 0.25) is 0 Å². The molecule has 0 saturated heterocycles. The monoisotopic (exact) mass is 410 g/mol. The van der Waals surface area contributed by atoms with E-state index in [-0.39, 0.29) is 0 Å². The highest BCUT2D eigenvalue weighted by molar-refractivity contribution is 9.11. The van der Waals surface area contributed by atoms with Gasteiger partial charge in [-0.2, -0.15) is 4.73 Å². The van der Waals surface area contributed by atoms with Crippen LogP contribution in [0.2, 0.25) is 0 Å². The van der Waals surface area contributed by atoms with Gasteiger partial charge in [-0.05, 0) is 31.9 Å². The SMILES string of the molecule is Brc1cncc2[nH]cnc12.On1cc2ncnc-2c(Br)c1. The molecule has 0 fully saturated rings. The zero-order valence-electron chi connectivity index (χ0n) is 10.4. The minimum Gasteiger partial charge on any atom is -0.429 e. The van der Waals surface area contributed by atoms with E-state index in [0.29, 0.717) is 5.69 Å². The van der Waals surface area contributed by atoms with Gasteiger partial charge < -0.3 is 10.2 Å². The van der Waals surface area contributed by atoms with Gasteiger partial charge in [0.05, 0.1) is 39.4 Å². The maximum atomic E-state index is 9.05. The lowest BCUT2D eigenvalue weighted by Crippen LogP contribution is -1.94. The summed E-state index contributed by atoms with van der Waals surface area (Å²) in [7, 11) is 0. The Bertz CT molecular complexity index is 858. The molecule has 0 spiro atoms. The van der Waals surface area contributed by atoms with Crippen molar-refractivity contribution < 1.29 is 5.21 Å². The fourth-order valence-corrected chi connectivity index (χ4v) is 2.68. The number of aromatic amines is 1. The van der Waals surface area contributed by atoms with E-state index >= 15 is 0 Å². The molecule has 21 heavy (non-hydrogen) atoms. The van der Waals surface area contributed by atoms with Crippen LogP contribution >= 0.6 is 31.9 Å². The molecular formula is C12H8Br2N6O. The molecule has 0 aromatic carbocycles. The number of nitrogens with one attached hydrogen (secondary N) is 1. The van der Waals surface area contributed by atoms with Crippen molar-refractivity contribution >= 4 is 42.9 Å². The predicted octanol–water partition coefficient (Wildman–Crippen LogP) is 3.10. The number of nitrogens with zero attached hydrogens (tertiary/aromatic N) is 5. The van der Waals surface area contributed by atoms with Crippen molar-refractivity contribution in [3.8, 4) is 11.4 Å². The normalized spacial score (nSPS) is 10.6. The molecule has 0 radical (unpaired) electrons. The Labute approximate surface area is 135 Å². The predicted molar refractivity (Wildman–Crippen MR) is 83.1 cm³/mol. The number of fused-ring (bicyclic) bond motifs is 2. The van der Waals surface area contributed by atoms with Gasteiger partial charge >= 0.3 is 0 Å². The number of rotatable bonds is 0. The maximum Gasteiger partial charge on any atom is 0.117 e. The first-order valence-corrected chi connectivity index (χ1v) is 7.34. The zero-order valence-corrected chi connectivity index (χ0v) is 13.6. The summed E-state index contributed by atoms with van der Waals surface area (Å²) in [6.45, 7) is 0. The van der Waals surface area contributed by atoms with E-state index in [9.17, 15) is 0 Å². The van der Waals surface area contributed by atoms with Crippen molar-refractivity contribution in [3.05, 3.63) is 46.4 Å². The molecule has 0 amide bonds. The first-order valence-electron chi connectivity index (χ1n) is 5.75. The first-order chi connectivity index (χ1) is 10.1. The molecule has 2 N–H and O–H groups in total. The summed E-state index contributed by atoms with van der Waals surface area (Å²) >= 11 is 6.57. The molecule has 0 atom stereocenters. The highest BCUT2D eigenvalue weighted by atomic mass is 79.9. The number of aromatic nitrogens is 6. The van der Waals surface area contributed by atoms with E-state index in [1.54, 1.807) is 18.7 Å². The van der Waals surface area contributed by atoms with Gasteiger partial charge in [-0.15, -0.1) is 0 Å². The number of pyridine rings is 2. The third kappa shape index (κ3) is 2.88. The van der Waals surface area contributed by atoms with Crippen molar-refractivity contribution in [1.82, 2.24) is 29.7 Å². The van der Waals surface area contributed by atoms with Crippen molar-refractivity contribution in [2.45, 2.75) is 0 Å². The summed E-state index contributed by atoms with van der Waals surface area (Å²) in [5.74, 6) is 0. The van der Waals surface area contributed by atoms with Gasteiger partial charge in [0.1, 0.15) is 23.2 Å². The van der Waals surface area contributed by atoms with E-state index in [4.69, 9.17) is 5.21 Å². The van der Waals surface area contributed by atoms with Crippen LogP contribution in [0.3, 0.4) is 0 Å². The maximum absolute atomic E-state index is 9.05. The second-order valence-electron chi connectivity index (χ2n) is 4.01. The zero-order chi connectivity index (χ0) is 14.8. The smallest absolute Gasteiger partial charge is 0.117 e. The highest BCUT2D eigenvalue weighted by Crippen LogP contribution is 2.25. The molecule has 0 bridgehead atoms. The lowest BCUT2D eigenvalue weighted by molar-refractivity contribution is 0.184. The molecule has 0 unspecified atom stereocenters. The Morgan fingerprint density at radius 3 is 2.71 bits per heavy atom. The van der Waals surface area contributed by atoms with Gasteiger partial charge in [0.15, 0.2) is 0 Å². The fourth-order valence-electron chi connectivity index (χ4n) is 1.73. The molecule has 2 aromatic heterocycles. The minimum absolute atomic E-state index is 0.668. The molecule has 0 saturated carbocycles. The van der Waals surface area contributed by atoms with Gasteiger partial charge in [-0.1, -0.05) is 0 Å². The van der Waals surface area contributed by atoms with Crippen molar-refractivity contribution in [3.63, 3.8) is 0 Å². The van der Waals surface area contributed by atoms with Gasteiger partial charge in [0.25, 0.3) is 0 Å². The first kappa shape index (κ1) is 14.0. The van der Waals surface area contributed by atoms with E-state index in [1.807, 2.05) is 0 Å². The van der Waals surface area contributed by atoms with E-state index in [0.717, 1.165) is 30.4 Å². The number of halogens is 2. The van der Waals surface area contributed by atoms with Gasteiger partial charge in [-0.25, -0.2) is 15.0 Å². The number of imidazole rings is 2. The van der Waals surface area contributed by atoms with Crippen LogP contribution in [0.5, 0.6) is 0 Å². The van der Waals surface area contributed by atoms with Crippen LogP contribution in [-0.2, 0) is 0 Å². The molecule has 7 nitrogen and oxygen atoms in total. The van der Waals surface area contributed by atoms with Crippen LogP contribution in [-0.4, -0.2) is 34.9 Å². The van der Waals surface area contributed by atoms with Gasteiger partial charge in [-0.3, -0.25) is 4.98 Å². The number of hydrogen-bond donors (Lipinski definition) is 2. The Morgan fingerprint density at radius 2 is 1.90 bits per heavy atom. The summed E-state index contributed by atoms with van der Waals surface area (Å²) in [6.07, 6.45) is 9.58. The Hall–Kier alpha value is -2.00. The molecule has 2 aliphatic heterocycles. The quantitative estimate of drug-likeness (QED) is 0.433. The van der Waals surface area contributed by atoms with Crippen molar-refractivity contribution in [2.75, 3.05) is 0 Å². The largest absolute Gasteiger partial charge is 0.429 e. The van der Waals surface area contributed by atoms with Crippen molar-refractivity contribution in [1.29, 1.82) is 0 Å². The molecule has 4 heterocycles. The lowest BCUT2D eigenvalue weighted by atomic mass is 10.3. The summed E-state index contributed by atoms with van der Waals surface area (Å²) in [5.41, 5.74) is 3.31. The standard InChI is InChI=1S/C6H4BrN3O.C6H4BrN3/c7-4-1-10(11)2-5-6(4)9-3-8-5;7-4-1-8-2-5-6(4)10-3-9-5/h1-3,11H;1-3H,(H,9,10). The van der Waals surface area contributed by atoms with Crippen LogP contribution in [0.1, 0.15) is 0 Å². The summed E-state index contributed by atoms with van der Waals surface area (Å²) in [5, 5.41) is 9.05. The molecule has 9 heteroatoms. The minimum atomic E-state index is 0.668. The number of H-pyrrole nitrogens is 1. The van der Waals surface area contributed by atoms with Crippen LogP contribution in [0.25, 0.3) is 22.4 Å². The Kier molecular flexibility index (Phi) is 3.84. The van der Waals surface area contributed by atoms with Crippen LogP contribution < -0.4 is 0 Å². The molecule has 2 aliphatic rings. The molecule has 0 aliphatic carbocycles. The van der Waals surface area contributed by atoms with E-state index in [2.05, 4.69) is 56.8 Å². The summed E-state index contributed by atoms with van der Waals surface area (Å²) in [4.78, 5) is 18.9. The third-order valence-corrected chi connectivity index (χ3v) is 3.80. The Balaban J connectivity index is 0.000000126. The van der Waals surface area contributed by atoms with E-state index in [1.165, 1.54) is 18.7 Å². The summed E-state index contributed by atoms with van der Waals surface area (Å²) < 4.78 is 2.60. The van der Waals surface area contributed by atoms with Crippen molar-refractivity contribution in [2.24, 2.45) is 0 Å².